The molecule has 0 radical (unpaired) electrons. The third kappa shape index (κ3) is 4.98. The van der Waals surface area contributed by atoms with Gasteiger partial charge < -0.3 is 0 Å². The van der Waals surface area contributed by atoms with E-state index in [-0.39, 0.29) is 0 Å². The number of hydrogen-bond donors (Lipinski definition) is 4. The lowest BCUT2D eigenvalue weighted by Crippen LogP contribution is -1.95. The fourth-order valence-corrected chi connectivity index (χ4v) is 3.96. The van der Waals surface area contributed by atoms with E-state index in [1.165, 1.54) is 21.9 Å². The highest BCUT2D eigenvalue weighted by Gasteiger charge is 2.07. The van der Waals surface area contributed by atoms with E-state index in [0.717, 1.165) is 28.0 Å². The molecular formula is C22H22N2S4. The molecule has 144 valence electrons. The maximum Gasteiger partial charge on any atom is 0.0705 e. The number of thiol groups is 4. The largest absolute Gasteiger partial charge is 0.259 e. The third-order valence-corrected chi connectivity index (χ3v) is 5.76. The summed E-state index contributed by atoms with van der Waals surface area (Å²) in [5, 5.41) is 3.56. The molecule has 0 saturated carbocycles. The Kier molecular flexibility index (Phi) is 7.97. The van der Waals surface area contributed by atoms with Gasteiger partial charge in [-0.25, -0.2) is 0 Å². The smallest absolute Gasteiger partial charge is 0.0705 e. The first-order chi connectivity index (χ1) is 13.7. The Morgan fingerprint density at radius 3 is 2.21 bits per heavy atom. The third-order valence-electron chi connectivity index (χ3n) is 4.46. The zero-order chi connectivity index (χ0) is 19.9. The summed E-state index contributed by atoms with van der Waals surface area (Å²) >= 11 is 17.1. The summed E-state index contributed by atoms with van der Waals surface area (Å²) in [7, 11) is 0. The lowest BCUT2D eigenvalue weighted by molar-refractivity contribution is 1.15. The van der Waals surface area contributed by atoms with Crippen LogP contribution in [0, 0.1) is 0 Å². The van der Waals surface area contributed by atoms with Crippen molar-refractivity contribution in [3.63, 3.8) is 0 Å². The van der Waals surface area contributed by atoms with Gasteiger partial charge >= 0.3 is 0 Å². The number of nitrogens with zero attached hydrogens (tertiary/aromatic N) is 2. The molecule has 0 unspecified atom stereocenters. The number of pyridine rings is 2. The Morgan fingerprint density at radius 2 is 1.50 bits per heavy atom. The van der Waals surface area contributed by atoms with Gasteiger partial charge in [0.2, 0.25) is 0 Å². The summed E-state index contributed by atoms with van der Waals surface area (Å²) < 4.78 is 0. The van der Waals surface area contributed by atoms with Crippen LogP contribution in [0.15, 0.2) is 60.8 Å². The molecule has 28 heavy (non-hydrogen) atoms. The molecular weight excluding hydrogens is 421 g/mol. The van der Waals surface area contributed by atoms with Crippen molar-refractivity contribution in [2.75, 3.05) is 0 Å². The molecule has 0 atom stereocenters. The highest BCUT2D eigenvalue weighted by molar-refractivity contribution is 7.80. The normalized spacial score (nSPS) is 10.7. The van der Waals surface area contributed by atoms with Gasteiger partial charge in [-0.05, 0) is 34.7 Å². The first-order valence-corrected chi connectivity index (χ1v) is 11.4. The van der Waals surface area contributed by atoms with Crippen molar-refractivity contribution in [1.29, 1.82) is 0 Å². The van der Waals surface area contributed by atoms with E-state index < -0.39 is 0 Å². The van der Waals surface area contributed by atoms with Crippen LogP contribution < -0.4 is 0 Å². The van der Waals surface area contributed by atoms with E-state index in [1.54, 1.807) is 0 Å². The zero-order valence-corrected chi connectivity index (χ0v) is 18.9. The van der Waals surface area contributed by atoms with Gasteiger partial charge in [0.05, 0.1) is 16.9 Å². The predicted octanol–water partition coefficient (Wildman–Crippen LogP) is 6.19. The van der Waals surface area contributed by atoms with Crippen LogP contribution >= 0.6 is 50.5 Å². The molecule has 2 aromatic heterocycles. The van der Waals surface area contributed by atoms with Crippen molar-refractivity contribution in [2.24, 2.45) is 0 Å². The molecule has 0 bridgehead atoms. The van der Waals surface area contributed by atoms with Crippen LogP contribution in [-0.2, 0) is 23.0 Å². The Bertz CT molecular complexity index is 1080. The minimum atomic E-state index is 0.650. The summed E-state index contributed by atoms with van der Waals surface area (Å²) in [6.45, 7) is 0. The van der Waals surface area contributed by atoms with Crippen LogP contribution in [0.4, 0.5) is 0 Å². The van der Waals surface area contributed by atoms with E-state index in [4.69, 9.17) is 0 Å². The summed E-state index contributed by atoms with van der Waals surface area (Å²) in [6.07, 6.45) is 1.90. The number of rotatable bonds is 4. The van der Waals surface area contributed by atoms with Crippen molar-refractivity contribution >= 4 is 72.2 Å². The number of fused-ring (bicyclic) bond motifs is 2. The molecule has 2 nitrogen and oxygen atoms in total. The van der Waals surface area contributed by atoms with Crippen molar-refractivity contribution in [1.82, 2.24) is 9.97 Å². The van der Waals surface area contributed by atoms with Crippen LogP contribution in [0.5, 0.6) is 0 Å². The first kappa shape index (κ1) is 21.4. The summed E-state index contributed by atoms with van der Waals surface area (Å²) in [4.78, 5) is 8.82. The quantitative estimate of drug-likeness (QED) is 0.284. The van der Waals surface area contributed by atoms with Gasteiger partial charge in [-0.3, -0.25) is 9.97 Å². The van der Waals surface area contributed by atoms with E-state index in [1.807, 2.05) is 30.5 Å². The van der Waals surface area contributed by atoms with Crippen LogP contribution in [0.1, 0.15) is 22.5 Å². The van der Waals surface area contributed by atoms with Crippen LogP contribution in [0.25, 0.3) is 21.7 Å². The molecule has 0 amide bonds. The standard InChI is InChI=1S/C12H13NS3.C10H9NS/c14-5-8-1-2-9-4-13-12(7-16)11(6-15)10(9)3-8;12-7-9-6-5-8-3-1-2-4-10(8)11-9/h1-4,14-16H,5-7H2;1-6,12H,7H2. The van der Waals surface area contributed by atoms with Gasteiger partial charge in [0.1, 0.15) is 0 Å². The minimum Gasteiger partial charge on any atom is -0.259 e. The maximum atomic E-state index is 4.42. The van der Waals surface area contributed by atoms with Crippen molar-refractivity contribution in [3.8, 4) is 0 Å². The Morgan fingerprint density at radius 1 is 0.714 bits per heavy atom. The Balaban J connectivity index is 0.000000167. The van der Waals surface area contributed by atoms with E-state index in [9.17, 15) is 0 Å². The topological polar surface area (TPSA) is 25.8 Å². The second kappa shape index (κ2) is 10.4. The monoisotopic (exact) mass is 442 g/mol. The average Bonchev–Trinajstić information content (AvgIpc) is 2.77. The fraction of sp³-hybridized carbons (Fsp3) is 0.182. The van der Waals surface area contributed by atoms with Crippen molar-refractivity contribution in [3.05, 3.63) is 83.3 Å². The molecule has 0 aliphatic heterocycles. The number of para-hydroxylation sites is 1. The molecule has 4 rings (SSSR count). The predicted molar refractivity (Wildman–Crippen MR) is 134 cm³/mol. The van der Waals surface area contributed by atoms with Crippen LogP contribution in [0.2, 0.25) is 0 Å². The molecule has 2 heterocycles. The lowest BCUT2D eigenvalue weighted by Gasteiger charge is -2.09. The average molecular weight is 443 g/mol. The molecule has 0 aliphatic rings. The van der Waals surface area contributed by atoms with Gasteiger partial charge in [-0.15, -0.1) is 0 Å². The molecule has 6 heteroatoms. The zero-order valence-electron chi connectivity index (χ0n) is 15.3. The van der Waals surface area contributed by atoms with E-state index in [0.29, 0.717) is 17.3 Å². The van der Waals surface area contributed by atoms with Gasteiger partial charge in [-0.2, -0.15) is 50.5 Å². The second-order valence-corrected chi connectivity index (χ2v) is 7.50. The maximum absolute atomic E-state index is 4.42. The molecule has 4 aromatic rings. The highest BCUT2D eigenvalue weighted by Crippen LogP contribution is 2.25. The summed E-state index contributed by atoms with van der Waals surface area (Å²) in [5.74, 6) is 2.79. The van der Waals surface area contributed by atoms with Gasteiger partial charge in [0.15, 0.2) is 0 Å². The SMILES string of the molecule is SCc1ccc2ccccc2n1.SCc1ccc2cnc(CS)c(CS)c2c1. The molecule has 2 aromatic carbocycles. The molecule has 0 fully saturated rings. The van der Waals surface area contributed by atoms with E-state index >= 15 is 0 Å². The van der Waals surface area contributed by atoms with Crippen molar-refractivity contribution in [2.45, 2.75) is 23.0 Å². The Labute approximate surface area is 187 Å². The molecule has 0 saturated heterocycles. The fourth-order valence-electron chi connectivity index (χ4n) is 2.97. The number of benzene rings is 2. The number of hydrogen-bond acceptors (Lipinski definition) is 6. The lowest BCUT2D eigenvalue weighted by atomic mass is 10.0. The second-order valence-electron chi connectivity index (χ2n) is 6.23. The Hall–Kier alpha value is -1.34. The number of aromatic nitrogens is 2. The molecule has 0 aliphatic carbocycles. The summed E-state index contributed by atoms with van der Waals surface area (Å²) in [6, 6.07) is 18.5. The summed E-state index contributed by atoms with van der Waals surface area (Å²) in [5.41, 5.74) is 5.48. The van der Waals surface area contributed by atoms with Gasteiger partial charge in [0.25, 0.3) is 0 Å². The van der Waals surface area contributed by atoms with E-state index in [2.05, 4.69) is 90.8 Å². The van der Waals surface area contributed by atoms with Gasteiger partial charge in [-0.1, -0.05) is 36.4 Å². The van der Waals surface area contributed by atoms with Crippen molar-refractivity contribution < 1.29 is 0 Å². The molecule has 0 N–H and O–H groups in total. The minimum absolute atomic E-state index is 0.650. The van der Waals surface area contributed by atoms with Gasteiger partial charge in [0, 0.05) is 40.0 Å². The van der Waals surface area contributed by atoms with Crippen LogP contribution in [-0.4, -0.2) is 9.97 Å². The first-order valence-electron chi connectivity index (χ1n) is 8.87. The highest BCUT2D eigenvalue weighted by atomic mass is 32.1. The molecule has 0 spiro atoms. The van der Waals surface area contributed by atoms with Crippen LogP contribution in [0.3, 0.4) is 0 Å².